The molecular weight excluding hydrogens is 228 g/mol. The predicted molar refractivity (Wildman–Crippen MR) is 70.5 cm³/mol. The maximum Gasteiger partial charge on any atom is 0.271 e. The Morgan fingerprint density at radius 2 is 2.50 bits per heavy atom. The smallest absolute Gasteiger partial charge is 0.271 e. The zero-order chi connectivity index (χ0) is 13.0. The molecule has 1 saturated heterocycles. The van der Waals surface area contributed by atoms with Gasteiger partial charge >= 0.3 is 0 Å². The van der Waals surface area contributed by atoms with Gasteiger partial charge in [0.25, 0.3) is 5.91 Å². The molecule has 0 aliphatic carbocycles. The summed E-state index contributed by atoms with van der Waals surface area (Å²) in [7, 11) is 0. The van der Waals surface area contributed by atoms with Crippen LogP contribution in [-0.4, -0.2) is 47.2 Å². The van der Waals surface area contributed by atoms with Crippen molar-refractivity contribution in [2.45, 2.75) is 26.7 Å². The lowest BCUT2D eigenvalue weighted by Gasteiger charge is -2.30. The number of nitrogens with one attached hydrogen (secondary N) is 2. The van der Waals surface area contributed by atoms with Gasteiger partial charge in [-0.05, 0) is 38.3 Å². The van der Waals surface area contributed by atoms with E-state index in [0.717, 1.165) is 31.2 Å². The fraction of sp³-hybridized carbons (Fsp3) is 0.692. The Bertz CT molecular complexity index is 401. The number of hydrogen-bond acceptors (Lipinski definition) is 3. The van der Waals surface area contributed by atoms with Gasteiger partial charge in [0.1, 0.15) is 5.69 Å². The molecule has 0 spiro atoms. The van der Waals surface area contributed by atoms with Crippen LogP contribution in [0.4, 0.5) is 0 Å². The minimum Gasteiger partial charge on any atom is -0.349 e. The summed E-state index contributed by atoms with van der Waals surface area (Å²) in [5, 5.41) is 9.63. The molecule has 0 bridgehead atoms. The quantitative estimate of drug-likeness (QED) is 0.843. The van der Waals surface area contributed by atoms with E-state index in [0.29, 0.717) is 12.2 Å². The van der Waals surface area contributed by atoms with Crippen molar-refractivity contribution in [3.63, 3.8) is 0 Å². The number of nitrogens with zero attached hydrogens (tertiary/aromatic N) is 2. The van der Waals surface area contributed by atoms with Crippen LogP contribution in [0, 0.1) is 12.8 Å². The molecule has 1 aromatic rings. The van der Waals surface area contributed by atoms with Crippen LogP contribution >= 0.6 is 0 Å². The first-order valence-electron chi connectivity index (χ1n) is 6.67. The molecule has 0 aromatic carbocycles. The molecule has 1 aliphatic heterocycles. The van der Waals surface area contributed by atoms with Gasteiger partial charge in [-0.2, -0.15) is 5.10 Å². The highest BCUT2D eigenvalue weighted by Gasteiger charge is 2.16. The summed E-state index contributed by atoms with van der Waals surface area (Å²) in [5.74, 6) is 0.688. The number of aromatic nitrogens is 2. The molecule has 1 aromatic heterocycles. The lowest BCUT2D eigenvalue weighted by molar-refractivity contribution is 0.0939. The fourth-order valence-electron chi connectivity index (χ4n) is 2.44. The first-order valence-corrected chi connectivity index (χ1v) is 6.67. The van der Waals surface area contributed by atoms with Crippen molar-refractivity contribution in [3.8, 4) is 0 Å². The molecular formula is C13H22N4O. The minimum absolute atomic E-state index is 0.0931. The Kier molecular flexibility index (Phi) is 4.36. The van der Waals surface area contributed by atoms with Crippen LogP contribution < -0.4 is 5.32 Å². The van der Waals surface area contributed by atoms with Gasteiger partial charge in [-0.25, -0.2) is 0 Å². The molecule has 1 aliphatic rings. The highest BCUT2D eigenvalue weighted by atomic mass is 16.1. The van der Waals surface area contributed by atoms with E-state index in [1.165, 1.54) is 12.8 Å². The summed E-state index contributed by atoms with van der Waals surface area (Å²) in [5.41, 5.74) is 1.38. The monoisotopic (exact) mass is 250 g/mol. The first kappa shape index (κ1) is 13.1. The molecule has 1 amide bonds. The van der Waals surface area contributed by atoms with Crippen LogP contribution in [0.3, 0.4) is 0 Å². The maximum absolute atomic E-state index is 11.8. The van der Waals surface area contributed by atoms with E-state index in [1.54, 1.807) is 6.07 Å². The molecule has 2 rings (SSSR count). The molecule has 1 unspecified atom stereocenters. The third-order valence-corrected chi connectivity index (χ3v) is 3.39. The van der Waals surface area contributed by atoms with E-state index in [9.17, 15) is 4.79 Å². The number of carbonyl (C=O) groups excluding carboxylic acids is 1. The average Bonchev–Trinajstić information content (AvgIpc) is 2.76. The zero-order valence-corrected chi connectivity index (χ0v) is 11.2. The van der Waals surface area contributed by atoms with Gasteiger partial charge in [0.05, 0.1) is 0 Å². The van der Waals surface area contributed by atoms with Crippen LogP contribution in [0.5, 0.6) is 0 Å². The number of piperidine rings is 1. The molecule has 5 nitrogen and oxygen atoms in total. The van der Waals surface area contributed by atoms with Gasteiger partial charge in [0.15, 0.2) is 0 Å². The molecule has 1 atom stereocenters. The van der Waals surface area contributed by atoms with Gasteiger partial charge < -0.3 is 10.2 Å². The number of aromatic amines is 1. The maximum atomic E-state index is 11.8. The summed E-state index contributed by atoms with van der Waals surface area (Å²) in [6.45, 7) is 8.10. The van der Waals surface area contributed by atoms with Gasteiger partial charge in [-0.15, -0.1) is 0 Å². The molecule has 1 fully saturated rings. The number of amides is 1. The Balaban J connectivity index is 1.70. The third kappa shape index (κ3) is 3.57. The number of rotatable bonds is 4. The van der Waals surface area contributed by atoms with Crippen molar-refractivity contribution >= 4 is 5.91 Å². The molecule has 18 heavy (non-hydrogen) atoms. The molecule has 2 N–H and O–H groups in total. The third-order valence-electron chi connectivity index (χ3n) is 3.39. The molecule has 0 saturated carbocycles. The highest BCUT2D eigenvalue weighted by Crippen LogP contribution is 2.14. The summed E-state index contributed by atoms with van der Waals surface area (Å²) in [4.78, 5) is 14.2. The number of hydrogen-bond donors (Lipinski definition) is 2. The molecule has 2 heterocycles. The SMILES string of the molecule is Cc1cc(C(=O)NCCN2CCCC(C)C2)n[nH]1. The van der Waals surface area contributed by atoms with E-state index in [2.05, 4.69) is 27.3 Å². The fourth-order valence-corrected chi connectivity index (χ4v) is 2.44. The van der Waals surface area contributed by atoms with Gasteiger partial charge in [0.2, 0.25) is 0 Å². The van der Waals surface area contributed by atoms with Crippen LogP contribution in [0.2, 0.25) is 0 Å². The Morgan fingerprint density at radius 3 is 3.17 bits per heavy atom. The van der Waals surface area contributed by atoms with Gasteiger partial charge in [-0.3, -0.25) is 9.89 Å². The predicted octanol–water partition coefficient (Wildman–Crippen LogP) is 1.18. The van der Waals surface area contributed by atoms with Crippen molar-refractivity contribution in [1.29, 1.82) is 0 Å². The Labute approximate surface area is 108 Å². The first-order chi connectivity index (χ1) is 8.65. The Hall–Kier alpha value is -1.36. The van der Waals surface area contributed by atoms with Crippen molar-refractivity contribution in [3.05, 3.63) is 17.5 Å². The van der Waals surface area contributed by atoms with E-state index >= 15 is 0 Å². The second-order valence-electron chi connectivity index (χ2n) is 5.24. The van der Waals surface area contributed by atoms with E-state index in [1.807, 2.05) is 6.92 Å². The average molecular weight is 250 g/mol. The largest absolute Gasteiger partial charge is 0.349 e. The zero-order valence-electron chi connectivity index (χ0n) is 11.2. The second kappa shape index (κ2) is 6.00. The van der Waals surface area contributed by atoms with Crippen LogP contribution in [0.1, 0.15) is 35.9 Å². The molecule has 0 radical (unpaired) electrons. The number of H-pyrrole nitrogens is 1. The lowest BCUT2D eigenvalue weighted by atomic mass is 10.0. The Morgan fingerprint density at radius 1 is 1.67 bits per heavy atom. The normalized spacial score (nSPS) is 20.9. The molecule has 100 valence electrons. The van der Waals surface area contributed by atoms with Crippen molar-refractivity contribution < 1.29 is 4.79 Å². The van der Waals surface area contributed by atoms with Crippen molar-refractivity contribution in [1.82, 2.24) is 20.4 Å². The summed E-state index contributed by atoms with van der Waals surface area (Å²) in [6.07, 6.45) is 2.60. The van der Waals surface area contributed by atoms with E-state index in [4.69, 9.17) is 0 Å². The number of carbonyl (C=O) groups is 1. The van der Waals surface area contributed by atoms with Crippen LogP contribution in [0.25, 0.3) is 0 Å². The van der Waals surface area contributed by atoms with Crippen LogP contribution in [0.15, 0.2) is 6.07 Å². The summed E-state index contributed by atoms with van der Waals surface area (Å²) in [6, 6.07) is 1.76. The van der Waals surface area contributed by atoms with Crippen molar-refractivity contribution in [2.24, 2.45) is 5.92 Å². The minimum atomic E-state index is -0.0931. The topological polar surface area (TPSA) is 61.0 Å². The second-order valence-corrected chi connectivity index (χ2v) is 5.24. The van der Waals surface area contributed by atoms with Gasteiger partial charge in [-0.1, -0.05) is 6.92 Å². The van der Waals surface area contributed by atoms with Crippen LogP contribution in [-0.2, 0) is 0 Å². The standard InChI is InChI=1S/C13H22N4O/c1-10-4-3-6-17(9-10)7-5-14-13(18)12-8-11(2)15-16-12/h8,10H,3-7,9H2,1-2H3,(H,14,18)(H,15,16). The van der Waals surface area contributed by atoms with Crippen molar-refractivity contribution in [2.75, 3.05) is 26.2 Å². The highest BCUT2D eigenvalue weighted by molar-refractivity contribution is 5.92. The molecule has 5 heteroatoms. The van der Waals surface area contributed by atoms with E-state index < -0.39 is 0 Å². The summed E-state index contributed by atoms with van der Waals surface area (Å²) < 4.78 is 0. The number of likely N-dealkylation sites (tertiary alicyclic amines) is 1. The summed E-state index contributed by atoms with van der Waals surface area (Å²) >= 11 is 0. The van der Waals surface area contributed by atoms with E-state index in [-0.39, 0.29) is 5.91 Å². The number of aryl methyl sites for hydroxylation is 1. The van der Waals surface area contributed by atoms with Gasteiger partial charge in [0, 0.05) is 25.3 Å². The lowest BCUT2D eigenvalue weighted by Crippen LogP contribution is -2.40.